The predicted molar refractivity (Wildman–Crippen MR) is 76.5 cm³/mol. The number of nitrogens with zero attached hydrogens (tertiary/aromatic N) is 1. The van der Waals surface area contributed by atoms with Crippen molar-refractivity contribution in [2.75, 3.05) is 5.32 Å². The maximum Gasteiger partial charge on any atom is 0.126 e. The molecular weight excluding hydrogens is 262 g/mol. The van der Waals surface area contributed by atoms with Crippen LogP contribution in [0.1, 0.15) is 5.82 Å². The lowest BCUT2D eigenvalue weighted by atomic mass is 10.3. The molecule has 0 radical (unpaired) electrons. The number of fused-ring (bicyclic) bond motifs is 1. The fourth-order valence-corrected chi connectivity index (χ4v) is 2.01. The van der Waals surface area contributed by atoms with Gasteiger partial charge in [0, 0.05) is 16.8 Å². The van der Waals surface area contributed by atoms with Gasteiger partial charge in [0.05, 0.1) is 17.6 Å². The number of hydrogen-bond acceptors (Lipinski definition) is 3. The third-order valence-electron chi connectivity index (χ3n) is 2.82. The van der Waals surface area contributed by atoms with Gasteiger partial charge in [0.25, 0.3) is 0 Å². The predicted octanol–water partition coefficient (Wildman–Crippen LogP) is 3.53. The molecule has 1 aromatic heterocycles. The molecule has 1 heterocycles. The van der Waals surface area contributed by atoms with Crippen molar-refractivity contribution in [3.8, 4) is 5.75 Å². The van der Waals surface area contributed by atoms with Crippen LogP contribution >= 0.6 is 11.6 Å². The van der Waals surface area contributed by atoms with Crippen molar-refractivity contribution in [2.24, 2.45) is 0 Å². The zero-order chi connectivity index (χ0) is 13.2. The van der Waals surface area contributed by atoms with Crippen LogP contribution in [0.5, 0.6) is 5.75 Å². The Morgan fingerprint density at radius 1 is 1.16 bits per heavy atom. The average molecular weight is 274 g/mol. The van der Waals surface area contributed by atoms with Gasteiger partial charge in [0.1, 0.15) is 11.6 Å². The molecule has 4 nitrogen and oxygen atoms in total. The molecule has 96 valence electrons. The minimum absolute atomic E-state index is 0.230. The van der Waals surface area contributed by atoms with Crippen LogP contribution in [0, 0.1) is 0 Å². The first kappa shape index (κ1) is 11.9. The zero-order valence-electron chi connectivity index (χ0n) is 10.0. The highest BCUT2D eigenvalue weighted by molar-refractivity contribution is 6.30. The molecule has 5 heteroatoms. The SMILES string of the molecule is Oc1ccc2nc(CNc3ccc(Cl)cc3)[nH]c2c1. The number of phenols is 1. The summed E-state index contributed by atoms with van der Waals surface area (Å²) in [6, 6.07) is 12.6. The van der Waals surface area contributed by atoms with E-state index in [4.69, 9.17) is 11.6 Å². The number of aromatic hydroxyl groups is 1. The van der Waals surface area contributed by atoms with Crippen LogP contribution in [-0.2, 0) is 6.54 Å². The lowest BCUT2D eigenvalue weighted by Gasteiger charge is -2.03. The molecule has 3 rings (SSSR count). The third kappa shape index (κ3) is 2.63. The van der Waals surface area contributed by atoms with Crippen LogP contribution < -0.4 is 5.32 Å². The number of benzene rings is 2. The first-order chi connectivity index (χ1) is 9.20. The minimum atomic E-state index is 0.230. The largest absolute Gasteiger partial charge is 0.508 e. The molecule has 2 aromatic carbocycles. The van der Waals surface area contributed by atoms with Crippen LogP contribution in [0.25, 0.3) is 11.0 Å². The van der Waals surface area contributed by atoms with Crippen molar-refractivity contribution >= 4 is 28.3 Å². The summed E-state index contributed by atoms with van der Waals surface area (Å²) in [4.78, 5) is 7.59. The summed E-state index contributed by atoms with van der Waals surface area (Å²) in [5.41, 5.74) is 2.64. The lowest BCUT2D eigenvalue weighted by molar-refractivity contribution is 0.476. The Morgan fingerprint density at radius 2 is 1.95 bits per heavy atom. The lowest BCUT2D eigenvalue weighted by Crippen LogP contribution is -2.00. The molecular formula is C14H12ClN3O. The van der Waals surface area contributed by atoms with Crippen molar-refractivity contribution in [3.63, 3.8) is 0 Å². The summed E-state index contributed by atoms with van der Waals surface area (Å²) < 4.78 is 0. The van der Waals surface area contributed by atoms with Gasteiger partial charge in [-0.1, -0.05) is 11.6 Å². The van der Waals surface area contributed by atoms with Crippen molar-refractivity contribution in [3.05, 3.63) is 53.3 Å². The number of hydrogen-bond donors (Lipinski definition) is 3. The molecule has 0 aliphatic carbocycles. The van der Waals surface area contributed by atoms with E-state index >= 15 is 0 Å². The standard InChI is InChI=1S/C14H12ClN3O/c15-9-1-3-10(4-2-9)16-8-14-17-12-6-5-11(19)7-13(12)18-14/h1-7,16,19H,8H2,(H,17,18). The second-order valence-electron chi connectivity index (χ2n) is 4.25. The first-order valence-electron chi connectivity index (χ1n) is 5.88. The van der Waals surface area contributed by atoms with Crippen molar-refractivity contribution < 1.29 is 5.11 Å². The van der Waals surface area contributed by atoms with Crippen LogP contribution in [0.15, 0.2) is 42.5 Å². The molecule has 3 N–H and O–H groups in total. The normalized spacial score (nSPS) is 10.8. The smallest absolute Gasteiger partial charge is 0.126 e. The van der Waals surface area contributed by atoms with E-state index in [1.54, 1.807) is 18.2 Å². The zero-order valence-corrected chi connectivity index (χ0v) is 10.8. The van der Waals surface area contributed by atoms with Gasteiger partial charge in [0.15, 0.2) is 0 Å². The summed E-state index contributed by atoms with van der Waals surface area (Å²) in [6.07, 6.45) is 0. The van der Waals surface area contributed by atoms with Crippen LogP contribution in [0.4, 0.5) is 5.69 Å². The van der Waals surface area contributed by atoms with E-state index in [0.29, 0.717) is 11.6 Å². The Morgan fingerprint density at radius 3 is 2.74 bits per heavy atom. The van der Waals surface area contributed by atoms with Crippen LogP contribution in [0.2, 0.25) is 5.02 Å². The molecule has 0 aliphatic rings. The fourth-order valence-electron chi connectivity index (χ4n) is 1.89. The Kier molecular flexibility index (Phi) is 3.01. The van der Waals surface area contributed by atoms with Gasteiger partial charge in [-0.3, -0.25) is 0 Å². The number of phenolic OH excluding ortho intramolecular Hbond substituents is 1. The van der Waals surface area contributed by atoms with E-state index in [-0.39, 0.29) is 5.75 Å². The Hall–Kier alpha value is -2.20. The third-order valence-corrected chi connectivity index (χ3v) is 3.07. The molecule has 19 heavy (non-hydrogen) atoms. The Labute approximate surface area is 115 Å². The van der Waals surface area contributed by atoms with Crippen LogP contribution in [-0.4, -0.2) is 15.1 Å². The van der Waals surface area contributed by atoms with Crippen molar-refractivity contribution in [1.82, 2.24) is 9.97 Å². The summed E-state index contributed by atoms with van der Waals surface area (Å²) >= 11 is 5.83. The number of aromatic nitrogens is 2. The maximum atomic E-state index is 9.40. The number of rotatable bonds is 3. The Balaban J connectivity index is 1.76. The molecule has 3 aromatic rings. The van der Waals surface area contributed by atoms with Gasteiger partial charge in [-0.15, -0.1) is 0 Å². The maximum absolute atomic E-state index is 9.40. The topological polar surface area (TPSA) is 60.9 Å². The molecule has 0 amide bonds. The summed E-state index contributed by atoms with van der Waals surface area (Å²) in [5.74, 6) is 1.05. The minimum Gasteiger partial charge on any atom is -0.508 e. The van der Waals surface area contributed by atoms with E-state index in [0.717, 1.165) is 22.5 Å². The van der Waals surface area contributed by atoms with Gasteiger partial charge >= 0.3 is 0 Å². The van der Waals surface area contributed by atoms with E-state index in [1.165, 1.54) is 0 Å². The fraction of sp³-hybridized carbons (Fsp3) is 0.0714. The second kappa shape index (κ2) is 4.82. The molecule has 0 fully saturated rings. The van der Waals surface area contributed by atoms with Gasteiger partial charge in [0.2, 0.25) is 0 Å². The van der Waals surface area contributed by atoms with E-state index in [1.807, 2.05) is 24.3 Å². The molecule has 0 spiro atoms. The molecule has 0 bridgehead atoms. The average Bonchev–Trinajstić information content (AvgIpc) is 2.80. The van der Waals surface area contributed by atoms with Gasteiger partial charge < -0.3 is 15.4 Å². The number of anilines is 1. The van der Waals surface area contributed by atoms with E-state index < -0.39 is 0 Å². The highest BCUT2D eigenvalue weighted by atomic mass is 35.5. The van der Waals surface area contributed by atoms with Gasteiger partial charge in [-0.2, -0.15) is 0 Å². The van der Waals surface area contributed by atoms with Gasteiger partial charge in [-0.05, 0) is 36.4 Å². The number of halogens is 1. The summed E-state index contributed by atoms with van der Waals surface area (Å²) in [5, 5.41) is 13.4. The molecule has 0 unspecified atom stereocenters. The molecule has 0 atom stereocenters. The molecule has 0 aliphatic heterocycles. The Bertz CT molecular complexity index is 706. The van der Waals surface area contributed by atoms with Crippen molar-refractivity contribution in [1.29, 1.82) is 0 Å². The number of imidazole rings is 1. The highest BCUT2D eigenvalue weighted by Gasteiger charge is 2.03. The van der Waals surface area contributed by atoms with Crippen LogP contribution in [0.3, 0.4) is 0 Å². The van der Waals surface area contributed by atoms with E-state index in [2.05, 4.69) is 15.3 Å². The number of aromatic amines is 1. The van der Waals surface area contributed by atoms with Gasteiger partial charge in [-0.25, -0.2) is 4.98 Å². The summed E-state index contributed by atoms with van der Waals surface area (Å²) in [7, 11) is 0. The second-order valence-corrected chi connectivity index (χ2v) is 4.68. The first-order valence-corrected chi connectivity index (χ1v) is 6.25. The van der Waals surface area contributed by atoms with E-state index in [9.17, 15) is 5.11 Å². The van der Waals surface area contributed by atoms with Crippen molar-refractivity contribution in [2.45, 2.75) is 6.54 Å². The summed E-state index contributed by atoms with van der Waals surface area (Å²) in [6.45, 7) is 0.580. The highest BCUT2D eigenvalue weighted by Crippen LogP contribution is 2.18. The molecule has 0 saturated heterocycles. The number of H-pyrrole nitrogens is 1. The quantitative estimate of drug-likeness (QED) is 0.684. The number of nitrogens with one attached hydrogen (secondary N) is 2. The molecule has 0 saturated carbocycles. The monoisotopic (exact) mass is 273 g/mol.